The number of hydrogen-bond acceptors (Lipinski definition) is 8. The molecule has 0 bridgehead atoms. The van der Waals surface area contributed by atoms with E-state index in [1.807, 2.05) is 42.5 Å². The van der Waals surface area contributed by atoms with Crippen LogP contribution in [0.4, 0.5) is 13.9 Å². The molecule has 1 aliphatic heterocycles. The molecule has 6 rings (SSSR count). The van der Waals surface area contributed by atoms with Crippen LogP contribution < -0.4 is 9.64 Å². The van der Waals surface area contributed by atoms with E-state index in [-0.39, 0.29) is 22.0 Å². The van der Waals surface area contributed by atoms with Gasteiger partial charge in [-0.2, -0.15) is 0 Å². The Labute approximate surface area is 247 Å². The Hall–Kier alpha value is -4.61. The maximum Gasteiger partial charge on any atom is 0.301 e. The standard InChI is InChI=1S/C31H21F2N3O4S2/c1-40-24-14-13-18(15-23(24)33)27(37)25-26(21-11-4-5-12-22(21)32)36(29(39)28(25)38)30-34-35-31(42-30)41-16-19-9-6-8-17-7-2-3-10-20(17)19/h2-15,26,37H,16H2,1H3/b27-25+. The molecule has 0 spiro atoms. The molecule has 1 unspecified atom stereocenters. The number of nitrogens with zero attached hydrogens (tertiary/aromatic N) is 3. The zero-order chi connectivity index (χ0) is 29.4. The van der Waals surface area contributed by atoms with Gasteiger partial charge in [-0.15, -0.1) is 10.2 Å². The minimum Gasteiger partial charge on any atom is -0.507 e. The number of ether oxygens (including phenoxy) is 1. The highest BCUT2D eigenvalue weighted by Gasteiger charge is 2.49. The van der Waals surface area contributed by atoms with Crippen molar-refractivity contribution < 1.29 is 28.2 Å². The van der Waals surface area contributed by atoms with Crippen LogP contribution in [-0.2, 0) is 15.3 Å². The number of aromatic nitrogens is 2. The molecule has 0 radical (unpaired) electrons. The molecular formula is C31H21F2N3O4S2. The van der Waals surface area contributed by atoms with Crippen molar-refractivity contribution in [3.8, 4) is 5.75 Å². The topological polar surface area (TPSA) is 92.6 Å². The molecule has 1 saturated heterocycles. The van der Waals surface area contributed by atoms with Crippen molar-refractivity contribution in [2.24, 2.45) is 0 Å². The van der Waals surface area contributed by atoms with Gasteiger partial charge >= 0.3 is 5.91 Å². The van der Waals surface area contributed by atoms with Gasteiger partial charge < -0.3 is 9.84 Å². The average molecular weight is 602 g/mol. The number of rotatable bonds is 7. The molecule has 5 aromatic rings. The van der Waals surface area contributed by atoms with Gasteiger partial charge in [0.1, 0.15) is 17.6 Å². The van der Waals surface area contributed by atoms with Gasteiger partial charge in [0.05, 0.1) is 12.7 Å². The van der Waals surface area contributed by atoms with E-state index in [1.165, 1.54) is 49.2 Å². The number of halogens is 2. The largest absolute Gasteiger partial charge is 0.507 e. The number of ketones is 1. The van der Waals surface area contributed by atoms with Gasteiger partial charge in [0.2, 0.25) is 5.13 Å². The van der Waals surface area contributed by atoms with Crippen molar-refractivity contribution in [1.29, 1.82) is 0 Å². The van der Waals surface area contributed by atoms with Crippen LogP contribution in [0.1, 0.15) is 22.7 Å². The molecule has 7 nitrogen and oxygen atoms in total. The lowest BCUT2D eigenvalue weighted by Gasteiger charge is -2.22. The number of benzene rings is 4. The molecule has 11 heteroatoms. The Bertz CT molecular complexity index is 1890. The maximum atomic E-state index is 15.2. The molecular weight excluding hydrogens is 580 g/mol. The molecule has 0 aliphatic carbocycles. The molecule has 0 saturated carbocycles. The molecule has 1 amide bonds. The summed E-state index contributed by atoms with van der Waals surface area (Å²) < 4.78 is 35.1. The van der Waals surface area contributed by atoms with E-state index in [2.05, 4.69) is 10.2 Å². The number of thioether (sulfide) groups is 1. The second-order valence-electron chi connectivity index (χ2n) is 9.32. The van der Waals surface area contributed by atoms with E-state index in [9.17, 15) is 19.1 Å². The van der Waals surface area contributed by atoms with E-state index in [4.69, 9.17) is 4.74 Å². The molecule has 1 aromatic heterocycles. The van der Waals surface area contributed by atoms with Gasteiger partial charge in [0.25, 0.3) is 5.78 Å². The third-order valence-corrected chi connectivity index (χ3v) is 9.01. The van der Waals surface area contributed by atoms with Crippen molar-refractivity contribution >= 4 is 56.5 Å². The fraction of sp³-hybridized carbons (Fsp3) is 0.0968. The van der Waals surface area contributed by atoms with Crippen LogP contribution >= 0.6 is 23.1 Å². The number of fused-ring (bicyclic) bond motifs is 1. The molecule has 1 atom stereocenters. The summed E-state index contributed by atoms with van der Waals surface area (Å²) >= 11 is 2.48. The Kier molecular flexibility index (Phi) is 7.44. The number of aliphatic hydroxyl groups is 1. The first kappa shape index (κ1) is 27.6. The summed E-state index contributed by atoms with van der Waals surface area (Å²) in [6.07, 6.45) is 0. The number of anilines is 1. The third-order valence-electron chi connectivity index (χ3n) is 6.90. The Balaban J connectivity index is 1.38. The van der Waals surface area contributed by atoms with E-state index in [0.717, 1.165) is 38.6 Å². The van der Waals surface area contributed by atoms with Gasteiger partial charge in [-0.25, -0.2) is 8.78 Å². The third kappa shape index (κ3) is 4.90. The first-order valence-electron chi connectivity index (χ1n) is 12.7. The average Bonchev–Trinajstić information content (AvgIpc) is 3.57. The lowest BCUT2D eigenvalue weighted by molar-refractivity contribution is -0.132. The molecule has 1 fully saturated rings. The number of methoxy groups -OCH3 is 1. The first-order valence-corrected chi connectivity index (χ1v) is 14.5. The van der Waals surface area contributed by atoms with Crippen LogP contribution in [0.3, 0.4) is 0 Å². The van der Waals surface area contributed by atoms with Gasteiger partial charge in [-0.05, 0) is 40.6 Å². The van der Waals surface area contributed by atoms with Crippen molar-refractivity contribution in [3.63, 3.8) is 0 Å². The van der Waals surface area contributed by atoms with Crippen LogP contribution in [0.15, 0.2) is 94.8 Å². The SMILES string of the molecule is COc1ccc(/C(O)=C2\C(=O)C(=O)N(c3nnc(SCc4cccc5ccccc45)s3)C2c2ccccc2F)cc1F. The first-order chi connectivity index (χ1) is 20.4. The fourth-order valence-corrected chi connectivity index (χ4v) is 6.78. The lowest BCUT2D eigenvalue weighted by atomic mass is 9.95. The number of aliphatic hydroxyl groups excluding tert-OH is 1. The van der Waals surface area contributed by atoms with E-state index in [0.29, 0.717) is 10.1 Å². The Morgan fingerprint density at radius 2 is 1.74 bits per heavy atom. The summed E-state index contributed by atoms with van der Waals surface area (Å²) in [6.45, 7) is 0. The highest BCUT2D eigenvalue weighted by atomic mass is 32.2. The van der Waals surface area contributed by atoms with Crippen molar-refractivity contribution in [2.75, 3.05) is 12.0 Å². The van der Waals surface area contributed by atoms with Gasteiger partial charge in [0.15, 0.2) is 15.9 Å². The highest BCUT2D eigenvalue weighted by Crippen LogP contribution is 2.45. The molecule has 42 heavy (non-hydrogen) atoms. The molecule has 4 aromatic carbocycles. The molecule has 2 heterocycles. The van der Waals surface area contributed by atoms with Gasteiger partial charge in [-0.1, -0.05) is 83.8 Å². The smallest absolute Gasteiger partial charge is 0.301 e. The summed E-state index contributed by atoms with van der Waals surface area (Å²) in [6, 6.07) is 21.9. The normalized spacial score (nSPS) is 16.4. The van der Waals surface area contributed by atoms with E-state index in [1.54, 1.807) is 6.07 Å². The number of hydrogen-bond donors (Lipinski definition) is 1. The van der Waals surface area contributed by atoms with Crippen LogP contribution in [-0.4, -0.2) is 34.1 Å². The minimum atomic E-state index is -1.36. The summed E-state index contributed by atoms with van der Waals surface area (Å²) in [7, 11) is 1.29. The summed E-state index contributed by atoms with van der Waals surface area (Å²) in [5.74, 6) is -3.70. The van der Waals surface area contributed by atoms with Crippen LogP contribution in [0.2, 0.25) is 0 Å². The van der Waals surface area contributed by atoms with Crippen molar-refractivity contribution in [3.05, 3.63) is 119 Å². The quantitative estimate of drug-likeness (QED) is 0.0714. The summed E-state index contributed by atoms with van der Waals surface area (Å²) in [4.78, 5) is 27.8. The zero-order valence-electron chi connectivity index (χ0n) is 22.0. The molecule has 1 N–H and O–H groups in total. The summed E-state index contributed by atoms with van der Waals surface area (Å²) in [5, 5.41) is 21.9. The predicted octanol–water partition coefficient (Wildman–Crippen LogP) is 6.90. The molecule has 210 valence electrons. The lowest BCUT2D eigenvalue weighted by Crippen LogP contribution is -2.29. The monoisotopic (exact) mass is 601 g/mol. The number of amides is 1. The fourth-order valence-electron chi connectivity index (χ4n) is 4.91. The Morgan fingerprint density at radius 3 is 2.52 bits per heavy atom. The number of carbonyl (C=O) groups is 2. The minimum absolute atomic E-state index is 0.0348. The van der Waals surface area contributed by atoms with Gasteiger partial charge in [0, 0.05) is 16.9 Å². The molecule has 1 aliphatic rings. The predicted molar refractivity (Wildman–Crippen MR) is 158 cm³/mol. The summed E-state index contributed by atoms with van der Waals surface area (Å²) in [5.41, 5.74) is 0.590. The van der Waals surface area contributed by atoms with Gasteiger partial charge in [-0.3, -0.25) is 14.5 Å². The second-order valence-corrected chi connectivity index (χ2v) is 11.5. The van der Waals surface area contributed by atoms with Crippen molar-refractivity contribution in [2.45, 2.75) is 16.1 Å². The van der Waals surface area contributed by atoms with E-state index < -0.39 is 40.7 Å². The zero-order valence-corrected chi connectivity index (χ0v) is 23.6. The van der Waals surface area contributed by atoms with Crippen molar-refractivity contribution in [1.82, 2.24) is 10.2 Å². The van der Waals surface area contributed by atoms with Crippen LogP contribution in [0, 0.1) is 11.6 Å². The van der Waals surface area contributed by atoms with Crippen LogP contribution in [0.25, 0.3) is 16.5 Å². The van der Waals surface area contributed by atoms with Crippen LogP contribution in [0.5, 0.6) is 5.75 Å². The Morgan fingerprint density at radius 1 is 0.976 bits per heavy atom. The number of carbonyl (C=O) groups excluding carboxylic acids is 2. The number of Topliss-reactive ketones (excluding diaryl/α,β-unsaturated/α-hetero) is 1. The second kappa shape index (κ2) is 11.3. The van der Waals surface area contributed by atoms with E-state index >= 15 is 4.39 Å². The maximum absolute atomic E-state index is 15.2. The highest BCUT2D eigenvalue weighted by molar-refractivity contribution is 8.00.